The summed E-state index contributed by atoms with van der Waals surface area (Å²) >= 11 is 0. The average Bonchev–Trinajstić information content (AvgIpc) is 2.62. The van der Waals surface area contributed by atoms with Crippen LogP contribution in [0.15, 0.2) is 30.5 Å². The molecule has 9 nitrogen and oxygen atoms in total. The number of aliphatic hydroxyl groups is 1. The first-order valence-corrected chi connectivity index (χ1v) is 7.03. The number of nitrogens with zero attached hydrogens (tertiary/aromatic N) is 4. The summed E-state index contributed by atoms with van der Waals surface area (Å²) in [5, 5.41) is 10.2. The molecule has 3 aromatic rings. The van der Waals surface area contributed by atoms with Crippen molar-refractivity contribution >= 4 is 45.6 Å². The molecule has 0 saturated heterocycles. The number of nitrogen functional groups attached to an aromatic ring is 2. The van der Waals surface area contributed by atoms with Crippen molar-refractivity contribution in [1.82, 2.24) is 19.9 Å². The summed E-state index contributed by atoms with van der Waals surface area (Å²) in [4.78, 5) is 16.5. The van der Waals surface area contributed by atoms with Crippen LogP contribution in [0.1, 0.15) is 5.69 Å². The standard InChI is InChI=1S/C14H15N7O.CH4O.BrH/c1-22-10-4-2-8(3-5-10)17-6-9-7-18-13-11(19-9)12(15)20-14(16)21-13;1-2;/h2-5,7,17H,6H2,1H3,(H4,15,16,18,20,21);2H,1H3;1H. The molecule has 1 aromatic carbocycles. The van der Waals surface area contributed by atoms with Gasteiger partial charge < -0.3 is 26.6 Å². The number of anilines is 3. The molecule has 2 aromatic heterocycles. The van der Waals surface area contributed by atoms with Crippen molar-refractivity contribution < 1.29 is 9.84 Å². The molecule has 0 fully saturated rings. The minimum absolute atomic E-state index is 0. The van der Waals surface area contributed by atoms with Crippen molar-refractivity contribution in [1.29, 1.82) is 0 Å². The molecule has 0 unspecified atom stereocenters. The van der Waals surface area contributed by atoms with Gasteiger partial charge in [-0.1, -0.05) is 0 Å². The van der Waals surface area contributed by atoms with E-state index in [1.165, 1.54) is 0 Å². The number of hydrogen-bond donors (Lipinski definition) is 4. The lowest BCUT2D eigenvalue weighted by atomic mass is 10.3. The number of aliphatic hydroxyl groups excluding tert-OH is 1. The molecule has 6 N–H and O–H groups in total. The minimum Gasteiger partial charge on any atom is -0.497 e. The number of aromatic nitrogens is 4. The fourth-order valence-corrected chi connectivity index (χ4v) is 1.97. The van der Waals surface area contributed by atoms with Gasteiger partial charge >= 0.3 is 0 Å². The lowest BCUT2D eigenvalue weighted by molar-refractivity contribution is 0.399. The SMILES string of the molecule is Br.CO.COc1ccc(NCc2cnc3nc(N)nc(N)c3n2)cc1. The topological polar surface area (TPSA) is 145 Å². The predicted molar refractivity (Wildman–Crippen MR) is 103 cm³/mol. The first kappa shape index (κ1) is 20.3. The Kier molecular flexibility index (Phi) is 7.76. The van der Waals surface area contributed by atoms with E-state index >= 15 is 0 Å². The van der Waals surface area contributed by atoms with E-state index in [2.05, 4.69) is 25.3 Å². The van der Waals surface area contributed by atoms with Crippen molar-refractivity contribution in [3.63, 3.8) is 0 Å². The van der Waals surface area contributed by atoms with Crippen LogP contribution in [0.5, 0.6) is 5.75 Å². The molecule has 0 atom stereocenters. The lowest BCUT2D eigenvalue weighted by Crippen LogP contribution is -2.06. The largest absolute Gasteiger partial charge is 0.497 e. The van der Waals surface area contributed by atoms with Crippen molar-refractivity contribution in [2.24, 2.45) is 0 Å². The van der Waals surface area contributed by atoms with E-state index < -0.39 is 0 Å². The highest BCUT2D eigenvalue weighted by Gasteiger charge is 2.07. The van der Waals surface area contributed by atoms with Gasteiger partial charge in [0.05, 0.1) is 25.5 Å². The Bertz CT molecular complexity index is 815. The lowest BCUT2D eigenvalue weighted by Gasteiger charge is -2.08. The Balaban J connectivity index is 0.00000101. The van der Waals surface area contributed by atoms with Crippen LogP contribution in [-0.2, 0) is 6.54 Å². The summed E-state index contributed by atoms with van der Waals surface area (Å²) < 4.78 is 5.11. The summed E-state index contributed by atoms with van der Waals surface area (Å²) in [7, 11) is 2.63. The Hall–Kier alpha value is -2.72. The summed E-state index contributed by atoms with van der Waals surface area (Å²) in [5.74, 6) is 1.11. The van der Waals surface area contributed by atoms with Gasteiger partial charge in [-0.2, -0.15) is 9.97 Å². The van der Waals surface area contributed by atoms with E-state index in [1.807, 2.05) is 24.3 Å². The van der Waals surface area contributed by atoms with Gasteiger partial charge in [-0.3, -0.25) is 0 Å². The number of nitrogens with two attached hydrogens (primary N) is 2. The molecule has 25 heavy (non-hydrogen) atoms. The molecule has 134 valence electrons. The Morgan fingerprint density at radius 1 is 1.08 bits per heavy atom. The maximum atomic E-state index is 7.00. The first-order chi connectivity index (χ1) is 11.7. The van der Waals surface area contributed by atoms with E-state index in [1.54, 1.807) is 13.3 Å². The van der Waals surface area contributed by atoms with Crippen LogP contribution >= 0.6 is 17.0 Å². The molecule has 0 aliphatic heterocycles. The number of ether oxygens (including phenoxy) is 1. The smallest absolute Gasteiger partial charge is 0.224 e. The van der Waals surface area contributed by atoms with Crippen LogP contribution in [-0.4, -0.2) is 39.3 Å². The molecule has 0 saturated carbocycles. The van der Waals surface area contributed by atoms with Crippen LogP contribution in [0.3, 0.4) is 0 Å². The van der Waals surface area contributed by atoms with Gasteiger partial charge in [-0.25, -0.2) is 9.97 Å². The van der Waals surface area contributed by atoms with Gasteiger partial charge in [0, 0.05) is 12.8 Å². The van der Waals surface area contributed by atoms with E-state index in [4.69, 9.17) is 21.3 Å². The van der Waals surface area contributed by atoms with Crippen LogP contribution in [0.4, 0.5) is 17.5 Å². The zero-order valence-corrected chi connectivity index (χ0v) is 15.5. The molecule has 0 bridgehead atoms. The van der Waals surface area contributed by atoms with Crippen LogP contribution in [0.2, 0.25) is 0 Å². The normalized spacial score (nSPS) is 9.56. The average molecular weight is 410 g/mol. The number of hydrogen-bond acceptors (Lipinski definition) is 9. The third-order valence-electron chi connectivity index (χ3n) is 3.06. The second-order valence-electron chi connectivity index (χ2n) is 4.58. The highest BCUT2D eigenvalue weighted by Crippen LogP contribution is 2.17. The summed E-state index contributed by atoms with van der Waals surface area (Å²) in [6.45, 7) is 0.499. The fraction of sp³-hybridized carbons (Fsp3) is 0.200. The third kappa shape index (κ3) is 5.13. The zero-order chi connectivity index (χ0) is 17.5. The Labute approximate surface area is 155 Å². The maximum absolute atomic E-state index is 7.00. The Morgan fingerprint density at radius 3 is 2.40 bits per heavy atom. The Morgan fingerprint density at radius 2 is 1.76 bits per heavy atom. The van der Waals surface area contributed by atoms with Gasteiger partial charge in [0.25, 0.3) is 0 Å². The van der Waals surface area contributed by atoms with E-state index in [-0.39, 0.29) is 28.7 Å². The second kappa shape index (κ2) is 9.55. The second-order valence-corrected chi connectivity index (χ2v) is 4.58. The van der Waals surface area contributed by atoms with Gasteiger partial charge in [-0.05, 0) is 24.3 Å². The maximum Gasteiger partial charge on any atom is 0.224 e. The number of halogens is 1. The zero-order valence-electron chi connectivity index (χ0n) is 13.8. The van der Waals surface area contributed by atoms with E-state index in [9.17, 15) is 0 Å². The minimum atomic E-state index is 0. The number of nitrogens with one attached hydrogen (secondary N) is 1. The summed E-state index contributed by atoms with van der Waals surface area (Å²) in [6.07, 6.45) is 1.63. The van der Waals surface area contributed by atoms with Crippen molar-refractivity contribution in [3.8, 4) is 5.75 Å². The van der Waals surface area contributed by atoms with Gasteiger partial charge in [0.2, 0.25) is 5.95 Å². The van der Waals surface area contributed by atoms with Gasteiger partial charge in [0.1, 0.15) is 5.75 Å². The molecule has 0 aliphatic carbocycles. The van der Waals surface area contributed by atoms with Gasteiger partial charge in [-0.15, -0.1) is 17.0 Å². The summed E-state index contributed by atoms with van der Waals surface area (Å²) in [5.41, 5.74) is 13.8. The van der Waals surface area contributed by atoms with Gasteiger partial charge in [0.15, 0.2) is 17.0 Å². The monoisotopic (exact) mass is 409 g/mol. The molecule has 0 amide bonds. The molecular formula is C15H20BrN7O2. The molecule has 2 heterocycles. The first-order valence-electron chi connectivity index (χ1n) is 7.03. The van der Waals surface area contributed by atoms with Crippen molar-refractivity contribution in [3.05, 3.63) is 36.2 Å². The number of rotatable bonds is 4. The highest BCUT2D eigenvalue weighted by molar-refractivity contribution is 8.93. The van der Waals surface area contributed by atoms with Crippen LogP contribution in [0.25, 0.3) is 11.2 Å². The number of fused-ring (bicyclic) bond motifs is 1. The van der Waals surface area contributed by atoms with Crippen molar-refractivity contribution in [2.45, 2.75) is 6.54 Å². The number of methoxy groups -OCH3 is 1. The van der Waals surface area contributed by atoms with Crippen LogP contribution in [0, 0.1) is 0 Å². The molecule has 0 spiro atoms. The molecule has 10 heteroatoms. The third-order valence-corrected chi connectivity index (χ3v) is 3.06. The van der Waals surface area contributed by atoms with E-state index in [0.717, 1.165) is 24.2 Å². The van der Waals surface area contributed by atoms with Crippen molar-refractivity contribution in [2.75, 3.05) is 31.0 Å². The quantitative estimate of drug-likeness (QED) is 0.501. The molecule has 0 aliphatic rings. The predicted octanol–water partition coefficient (Wildman–Crippen LogP) is 1.39. The van der Waals surface area contributed by atoms with E-state index in [0.29, 0.717) is 17.7 Å². The number of benzene rings is 1. The molecule has 3 rings (SSSR count). The fourth-order valence-electron chi connectivity index (χ4n) is 1.97. The highest BCUT2D eigenvalue weighted by atomic mass is 79.9. The summed E-state index contributed by atoms with van der Waals surface area (Å²) in [6, 6.07) is 7.60. The molecule has 0 radical (unpaired) electrons. The molecular weight excluding hydrogens is 390 g/mol. The van der Waals surface area contributed by atoms with Crippen LogP contribution < -0.4 is 21.5 Å².